The molecule has 1 fully saturated rings. The Kier molecular flexibility index (Phi) is 2.85. The van der Waals surface area contributed by atoms with Gasteiger partial charge in [-0.3, -0.25) is 0 Å². The molecule has 108 valence electrons. The molecule has 9 heteroatoms. The Morgan fingerprint density at radius 1 is 1.55 bits per heavy atom. The summed E-state index contributed by atoms with van der Waals surface area (Å²) in [6, 6.07) is 0. The van der Waals surface area contributed by atoms with Crippen LogP contribution in [0.3, 0.4) is 0 Å². The van der Waals surface area contributed by atoms with E-state index >= 15 is 0 Å². The summed E-state index contributed by atoms with van der Waals surface area (Å²) in [5, 5.41) is 22.9. The molecular weight excluding hydrogens is 269 g/mol. The molecule has 0 radical (unpaired) electrons. The van der Waals surface area contributed by atoms with Gasteiger partial charge in [0, 0.05) is 0 Å². The van der Waals surface area contributed by atoms with E-state index in [1.807, 2.05) is 0 Å². The summed E-state index contributed by atoms with van der Waals surface area (Å²) in [7, 11) is 0. The van der Waals surface area contributed by atoms with Gasteiger partial charge >= 0.3 is 0 Å². The average molecular weight is 283 g/mol. The van der Waals surface area contributed by atoms with Gasteiger partial charge in [0.1, 0.15) is 24.6 Å². The van der Waals surface area contributed by atoms with E-state index in [2.05, 4.69) is 15.1 Å². The second-order valence-electron chi connectivity index (χ2n) is 4.90. The molecule has 8 nitrogen and oxygen atoms in total. The van der Waals surface area contributed by atoms with Gasteiger partial charge in [-0.05, 0) is 6.92 Å². The summed E-state index contributed by atoms with van der Waals surface area (Å²) < 4.78 is 21.4. The van der Waals surface area contributed by atoms with Gasteiger partial charge in [0.25, 0.3) is 0 Å². The van der Waals surface area contributed by atoms with E-state index in [1.165, 1.54) is 24.0 Å². The number of hydrogen-bond donors (Lipinski definition) is 3. The molecule has 3 rings (SSSR count). The maximum Gasteiger partial charge on any atom is 0.196 e. The van der Waals surface area contributed by atoms with Crippen LogP contribution in [0.15, 0.2) is 12.5 Å². The van der Waals surface area contributed by atoms with Crippen molar-refractivity contribution in [2.24, 2.45) is 0 Å². The Morgan fingerprint density at radius 3 is 2.95 bits per heavy atom. The van der Waals surface area contributed by atoms with E-state index in [0.717, 1.165) is 0 Å². The third-order valence-corrected chi connectivity index (χ3v) is 3.56. The smallest absolute Gasteiger partial charge is 0.196 e. The minimum atomic E-state index is -2.08. The zero-order valence-corrected chi connectivity index (χ0v) is 10.6. The highest BCUT2D eigenvalue weighted by Gasteiger charge is 2.55. The van der Waals surface area contributed by atoms with Crippen LogP contribution in [0.25, 0.3) is 5.65 Å². The van der Waals surface area contributed by atoms with Crippen molar-refractivity contribution in [1.29, 1.82) is 0 Å². The molecule has 1 aliphatic rings. The molecule has 1 aliphatic heterocycles. The van der Waals surface area contributed by atoms with Crippen molar-refractivity contribution in [3.8, 4) is 0 Å². The van der Waals surface area contributed by atoms with Gasteiger partial charge in [-0.15, -0.1) is 0 Å². The molecule has 2 aromatic rings. The number of fused-ring (bicyclic) bond motifs is 1. The normalized spacial score (nSPS) is 33.9. The van der Waals surface area contributed by atoms with E-state index in [4.69, 9.17) is 15.6 Å². The van der Waals surface area contributed by atoms with Gasteiger partial charge < -0.3 is 20.7 Å². The minimum absolute atomic E-state index is 0.157. The quantitative estimate of drug-likeness (QED) is 0.662. The first-order valence-corrected chi connectivity index (χ1v) is 6.04. The summed E-state index contributed by atoms with van der Waals surface area (Å²) in [5.41, 5.74) is 4.16. The van der Waals surface area contributed by atoms with E-state index in [-0.39, 0.29) is 11.5 Å². The van der Waals surface area contributed by atoms with Crippen molar-refractivity contribution < 1.29 is 19.3 Å². The second-order valence-corrected chi connectivity index (χ2v) is 4.90. The molecule has 4 N–H and O–H groups in total. The number of alkyl halides is 1. The number of aliphatic hydroxyl groups is 2. The number of hydrogen-bond acceptors (Lipinski definition) is 7. The lowest BCUT2D eigenvalue weighted by Gasteiger charge is -2.22. The molecular formula is C11H14FN5O3. The lowest BCUT2D eigenvalue weighted by Crippen LogP contribution is -2.39. The molecule has 0 aromatic carbocycles. The summed E-state index contributed by atoms with van der Waals surface area (Å²) in [5.74, 6) is 0.157. The van der Waals surface area contributed by atoms with Crippen LogP contribution in [-0.2, 0) is 4.74 Å². The van der Waals surface area contributed by atoms with E-state index < -0.39 is 30.6 Å². The average Bonchev–Trinajstić information content (AvgIpc) is 2.92. The fraction of sp³-hybridized carbons (Fsp3) is 0.545. The topological polar surface area (TPSA) is 119 Å². The number of anilines is 1. The van der Waals surface area contributed by atoms with Crippen LogP contribution in [0.5, 0.6) is 0 Å². The van der Waals surface area contributed by atoms with Crippen LogP contribution in [0.1, 0.15) is 18.7 Å². The summed E-state index contributed by atoms with van der Waals surface area (Å²) in [6.45, 7) is 0.729. The highest BCUT2D eigenvalue weighted by atomic mass is 19.1. The second kappa shape index (κ2) is 4.33. The van der Waals surface area contributed by atoms with Gasteiger partial charge in [-0.2, -0.15) is 5.10 Å². The maximum atomic E-state index is 14.7. The molecule has 4 atom stereocenters. The van der Waals surface area contributed by atoms with Crippen molar-refractivity contribution in [3.63, 3.8) is 0 Å². The standard InChI is InChI=1S/C11H14FN5O3/c1-11(12)7(19)6(3-18)20-8(11)5-2-14-10-9(13)15-4-16-17(5)10/h2,4,6-8,18-19H,3H2,1H3,(H2,13,15,16)/t6-,7-,8+,11-/m1/s1. The summed E-state index contributed by atoms with van der Waals surface area (Å²) in [6.07, 6.45) is -0.964. The number of nitrogen functional groups attached to an aromatic ring is 1. The molecule has 0 amide bonds. The van der Waals surface area contributed by atoms with Gasteiger partial charge in [-0.25, -0.2) is 18.9 Å². The van der Waals surface area contributed by atoms with Crippen LogP contribution >= 0.6 is 0 Å². The van der Waals surface area contributed by atoms with Crippen LogP contribution in [-0.4, -0.2) is 54.3 Å². The first kappa shape index (κ1) is 13.2. The summed E-state index contributed by atoms with van der Waals surface area (Å²) >= 11 is 0. The lowest BCUT2D eigenvalue weighted by molar-refractivity contribution is -0.0248. The number of nitrogens with zero attached hydrogens (tertiary/aromatic N) is 4. The molecule has 0 spiro atoms. The Balaban J connectivity index is 2.10. The Bertz CT molecular complexity index is 646. The predicted octanol–water partition coefficient (Wildman–Crippen LogP) is -0.772. The number of imidazole rings is 1. The maximum absolute atomic E-state index is 14.7. The Labute approximate surface area is 113 Å². The number of rotatable bonds is 2. The molecule has 2 aromatic heterocycles. The number of aromatic nitrogens is 4. The minimum Gasteiger partial charge on any atom is -0.394 e. The zero-order chi connectivity index (χ0) is 14.5. The van der Waals surface area contributed by atoms with Gasteiger partial charge in [0.15, 0.2) is 17.1 Å². The lowest BCUT2D eigenvalue weighted by atomic mass is 9.93. The molecule has 0 aliphatic carbocycles. The first-order chi connectivity index (χ1) is 9.46. The van der Waals surface area contributed by atoms with Crippen LogP contribution in [0.2, 0.25) is 0 Å². The molecule has 0 saturated carbocycles. The molecule has 1 saturated heterocycles. The van der Waals surface area contributed by atoms with Crippen molar-refractivity contribution in [1.82, 2.24) is 19.6 Å². The molecule has 0 unspecified atom stereocenters. The van der Waals surface area contributed by atoms with Gasteiger partial charge in [0.05, 0.1) is 18.5 Å². The molecule has 0 bridgehead atoms. The number of aliphatic hydroxyl groups excluding tert-OH is 2. The Hall–Kier alpha value is -1.84. The zero-order valence-electron chi connectivity index (χ0n) is 10.6. The van der Waals surface area contributed by atoms with Gasteiger partial charge in [0.2, 0.25) is 0 Å². The molecule has 20 heavy (non-hydrogen) atoms. The highest BCUT2D eigenvalue weighted by molar-refractivity contribution is 5.58. The van der Waals surface area contributed by atoms with E-state index in [9.17, 15) is 9.50 Å². The number of halogens is 1. The van der Waals surface area contributed by atoms with Crippen molar-refractivity contribution in [3.05, 3.63) is 18.2 Å². The van der Waals surface area contributed by atoms with Crippen LogP contribution in [0, 0.1) is 0 Å². The SMILES string of the molecule is C[C@@]1(F)[C@H](O)[C@@H](CO)O[C@H]1c1cnc2c(N)ncnn12. The van der Waals surface area contributed by atoms with Crippen molar-refractivity contribution in [2.75, 3.05) is 12.3 Å². The van der Waals surface area contributed by atoms with Gasteiger partial charge in [-0.1, -0.05) is 0 Å². The largest absolute Gasteiger partial charge is 0.394 e. The fourth-order valence-corrected chi connectivity index (χ4v) is 2.43. The van der Waals surface area contributed by atoms with E-state index in [0.29, 0.717) is 5.69 Å². The van der Waals surface area contributed by atoms with Crippen molar-refractivity contribution in [2.45, 2.75) is 30.9 Å². The number of nitrogens with two attached hydrogens (primary N) is 1. The summed E-state index contributed by atoms with van der Waals surface area (Å²) in [4.78, 5) is 7.82. The fourth-order valence-electron chi connectivity index (χ4n) is 2.43. The predicted molar refractivity (Wildman–Crippen MR) is 65.4 cm³/mol. The highest BCUT2D eigenvalue weighted by Crippen LogP contribution is 2.44. The Morgan fingerprint density at radius 2 is 2.30 bits per heavy atom. The molecule has 3 heterocycles. The monoisotopic (exact) mass is 283 g/mol. The van der Waals surface area contributed by atoms with Crippen LogP contribution in [0.4, 0.5) is 10.2 Å². The van der Waals surface area contributed by atoms with E-state index in [1.54, 1.807) is 0 Å². The van der Waals surface area contributed by atoms with Crippen LogP contribution < -0.4 is 5.73 Å². The van der Waals surface area contributed by atoms with Crippen molar-refractivity contribution >= 4 is 11.5 Å². The number of ether oxygens (including phenoxy) is 1. The third-order valence-electron chi connectivity index (χ3n) is 3.56. The third kappa shape index (κ3) is 1.67. The first-order valence-electron chi connectivity index (χ1n) is 6.04.